The van der Waals surface area contributed by atoms with E-state index in [4.69, 9.17) is 19.7 Å². The summed E-state index contributed by atoms with van der Waals surface area (Å²) in [7, 11) is 3.20. The normalized spacial score (nSPS) is 10.3. The Hall–Kier alpha value is -2.17. The first-order valence-electron chi connectivity index (χ1n) is 5.11. The van der Waals surface area contributed by atoms with Crippen LogP contribution in [0, 0.1) is 6.92 Å². The van der Waals surface area contributed by atoms with E-state index in [1.54, 1.807) is 20.3 Å². The van der Waals surface area contributed by atoms with Crippen molar-refractivity contribution >= 4 is 5.88 Å². The predicted octanol–water partition coefficient (Wildman–Crippen LogP) is 2.25. The Morgan fingerprint density at radius 1 is 1.24 bits per heavy atom. The molecule has 2 N–H and O–H groups in total. The summed E-state index contributed by atoms with van der Waals surface area (Å²) in [5.41, 5.74) is 7.94. The van der Waals surface area contributed by atoms with Gasteiger partial charge in [-0.3, -0.25) is 0 Å². The summed E-state index contributed by atoms with van der Waals surface area (Å²) >= 11 is 0. The summed E-state index contributed by atoms with van der Waals surface area (Å²) in [6.45, 7) is 1.85. The van der Waals surface area contributed by atoms with Crippen LogP contribution in [0.5, 0.6) is 11.5 Å². The molecule has 2 aromatic rings. The molecule has 0 unspecified atom stereocenters. The lowest BCUT2D eigenvalue weighted by Gasteiger charge is -2.08. The fourth-order valence-electron chi connectivity index (χ4n) is 1.59. The van der Waals surface area contributed by atoms with Gasteiger partial charge in [0.1, 0.15) is 17.2 Å². The molecular formula is C12H14N2O3. The van der Waals surface area contributed by atoms with Crippen molar-refractivity contribution in [3.63, 3.8) is 0 Å². The van der Waals surface area contributed by atoms with Gasteiger partial charge >= 0.3 is 0 Å². The van der Waals surface area contributed by atoms with Crippen molar-refractivity contribution in [3.8, 4) is 22.8 Å². The molecule has 1 aromatic carbocycles. The molecule has 0 saturated carbocycles. The number of benzene rings is 1. The number of anilines is 1. The highest BCUT2D eigenvalue weighted by atomic mass is 16.5. The van der Waals surface area contributed by atoms with Crippen molar-refractivity contribution in [2.24, 2.45) is 0 Å². The van der Waals surface area contributed by atoms with Crippen LogP contribution in [-0.2, 0) is 0 Å². The second kappa shape index (κ2) is 4.37. The maximum atomic E-state index is 5.63. The number of nitrogen functional groups attached to an aromatic ring is 1. The van der Waals surface area contributed by atoms with Crippen LogP contribution in [0.15, 0.2) is 22.7 Å². The summed E-state index contributed by atoms with van der Waals surface area (Å²) in [4.78, 5) is 0. The van der Waals surface area contributed by atoms with Crippen molar-refractivity contribution in [2.45, 2.75) is 6.92 Å². The average molecular weight is 234 g/mol. The third-order valence-electron chi connectivity index (χ3n) is 2.62. The van der Waals surface area contributed by atoms with E-state index in [0.29, 0.717) is 17.3 Å². The first-order valence-corrected chi connectivity index (χ1v) is 5.11. The van der Waals surface area contributed by atoms with Gasteiger partial charge in [-0.05, 0) is 19.1 Å². The van der Waals surface area contributed by atoms with E-state index >= 15 is 0 Å². The fourth-order valence-corrected chi connectivity index (χ4v) is 1.59. The van der Waals surface area contributed by atoms with Gasteiger partial charge < -0.3 is 19.7 Å². The minimum absolute atomic E-state index is 0.317. The van der Waals surface area contributed by atoms with Crippen molar-refractivity contribution < 1.29 is 14.0 Å². The van der Waals surface area contributed by atoms with Crippen LogP contribution >= 0.6 is 0 Å². The first-order chi connectivity index (χ1) is 8.17. The van der Waals surface area contributed by atoms with Crippen LogP contribution in [0.25, 0.3) is 11.3 Å². The van der Waals surface area contributed by atoms with Crippen LogP contribution in [0.1, 0.15) is 5.56 Å². The lowest BCUT2D eigenvalue weighted by molar-refractivity contribution is 0.394. The quantitative estimate of drug-likeness (QED) is 0.881. The molecule has 1 heterocycles. The lowest BCUT2D eigenvalue weighted by Crippen LogP contribution is -1.92. The van der Waals surface area contributed by atoms with Gasteiger partial charge in [0.15, 0.2) is 0 Å². The van der Waals surface area contributed by atoms with Gasteiger partial charge in [0.2, 0.25) is 5.88 Å². The molecule has 90 valence electrons. The third kappa shape index (κ3) is 1.91. The molecule has 0 radical (unpaired) electrons. The first kappa shape index (κ1) is 11.3. The van der Waals surface area contributed by atoms with Gasteiger partial charge in [-0.2, -0.15) is 0 Å². The number of methoxy groups -OCH3 is 2. The van der Waals surface area contributed by atoms with Gasteiger partial charge in [0.25, 0.3) is 0 Å². The van der Waals surface area contributed by atoms with Crippen LogP contribution in [0.4, 0.5) is 5.88 Å². The number of hydrogen-bond donors (Lipinski definition) is 1. The van der Waals surface area contributed by atoms with Crippen LogP contribution in [0.3, 0.4) is 0 Å². The molecule has 0 aliphatic rings. The molecule has 1 aromatic heterocycles. The second-order valence-corrected chi connectivity index (χ2v) is 3.59. The van der Waals surface area contributed by atoms with Crippen LogP contribution in [0.2, 0.25) is 0 Å². The zero-order valence-corrected chi connectivity index (χ0v) is 9.98. The largest absolute Gasteiger partial charge is 0.497 e. The van der Waals surface area contributed by atoms with E-state index in [-0.39, 0.29) is 0 Å². The molecule has 0 fully saturated rings. The lowest BCUT2D eigenvalue weighted by atomic mass is 10.1. The topological polar surface area (TPSA) is 70.5 Å². The Bertz CT molecular complexity index is 535. The summed E-state index contributed by atoms with van der Waals surface area (Å²) in [6, 6.07) is 5.49. The van der Waals surface area contributed by atoms with E-state index in [1.165, 1.54) is 0 Å². The molecule has 5 nitrogen and oxygen atoms in total. The zero-order valence-electron chi connectivity index (χ0n) is 9.98. The summed E-state index contributed by atoms with van der Waals surface area (Å²) < 4.78 is 15.4. The Balaban J connectivity index is 2.55. The molecule has 0 bridgehead atoms. The fraction of sp³-hybridized carbons (Fsp3) is 0.250. The maximum Gasteiger partial charge on any atom is 0.225 e. The van der Waals surface area contributed by atoms with Gasteiger partial charge in [-0.25, -0.2) is 0 Å². The Morgan fingerprint density at radius 2 is 2.00 bits per heavy atom. The molecule has 0 aliphatic heterocycles. The Labute approximate surface area is 99.1 Å². The third-order valence-corrected chi connectivity index (χ3v) is 2.62. The second-order valence-electron chi connectivity index (χ2n) is 3.59. The molecule has 0 amide bonds. The van der Waals surface area contributed by atoms with Gasteiger partial charge in [0.05, 0.1) is 14.2 Å². The highest BCUT2D eigenvalue weighted by Crippen LogP contribution is 2.35. The SMILES string of the molecule is COc1ccc(-c2noc(N)c2C)c(OC)c1. The maximum absolute atomic E-state index is 5.63. The Kier molecular flexibility index (Phi) is 2.91. The van der Waals surface area contributed by atoms with E-state index in [0.717, 1.165) is 16.9 Å². The Morgan fingerprint density at radius 3 is 2.53 bits per heavy atom. The number of nitrogens with two attached hydrogens (primary N) is 1. The molecule has 0 atom stereocenters. The number of rotatable bonds is 3. The standard InChI is InChI=1S/C12H14N2O3/c1-7-11(14-17-12(7)13)9-5-4-8(15-2)6-10(9)16-3/h4-6H,13H2,1-3H3. The van der Waals surface area contributed by atoms with Gasteiger partial charge in [0, 0.05) is 17.2 Å². The number of hydrogen-bond acceptors (Lipinski definition) is 5. The average Bonchev–Trinajstić information content (AvgIpc) is 2.69. The summed E-state index contributed by atoms with van der Waals surface area (Å²) in [6.07, 6.45) is 0. The van der Waals surface area contributed by atoms with Crippen molar-refractivity contribution in [1.82, 2.24) is 5.16 Å². The van der Waals surface area contributed by atoms with Crippen LogP contribution < -0.4 is 15.2 Å². The minimum Gasteiger partial charge on any atom is -0.497 e. The summed E-state index contributed by atoms with van der Waals surface area (Å²) in [5.74, 6) is 1.71. The zero-order chi connectivity index (χ0) is 12.4. The number of ether oxygens (including phenoxy) is 2. The van der Waals surface area contributed by atoms with E-state index in [2.05, 4.69) is 5.16 Å². The molecule has 0 aliphatic carbocycles. The molecule has 5 heteroatoms. The molecule has 0 saturated heterocycles. The number of aromatic nitrogens is 1. The summed E-state index contributed by atoms with van der Waals surface area (Å²) in [5, 5.41) is 3.93. The molecular weight excluding hydrogens is 220 g/mol. The van der Waals surface area contributed by atoms with Crippen molar-refractivity contribution in [2.75, 3.05) is 20.0 Å². The highest BCUT2D eigenvalue weighted by Gasteiger charge is 2.15. The minimum atomic E-state index is 0.317. The molecule has 2 rings (SSSR count). The van der Waals surface area contributed by atoms with E-state index < -0.39 is 0 Å². The van der Waals surface area contributed by atoms with Gasteiger partial charge in [-0.15, -0.1) is 0 Å². The van der Waals surface area contributed by atoms with E-state index in [9.17, 15) is 0 Å². The van der Waals surface area contributed by atoms with E-state index in [1.807, 2.05) is 19.1 Å². The van der Waals surface area contributed by atoms with Crippen molar-refractivity contribution in [1.29, 1.82) is 0 Å². The molecule has 17 heavy (non-hydrogen) atoms. The molecule has 0 spiro atoms. The predicted molar refractivity (Wildman–Crippen MR) is 64.2 cm³/mol. The smallest absolute Gasteiger partial charge is 0.225 e. The number of nitrogens with zero attached hydrogens (tertiary/aromatic N) is 1. The highest BCUT2D eigenvalue weighted by molar-refractivity contribution is 5.73. The monoisotopic (exact) mass is 234 g/mol. The van der Waals surface area contributed by atoms with Crippen LogP contribution in [-0.4, -0.2) is 19.4 Å². The van der Waals surface area contributed by atoms with Crippen molar-refractivity contribution in [3.05, 3.63) is 23.8 Å². The van der Waals surface area contributed by atoms with Gasteiger partial charge in [-0.1, -0.05) is 5.16 Å².